The number of nitrogens with zero attached hydrogens (tertiary/aromatic N) is 2. The molecule has 1 atom stereocenters. The molecule has 1 aliphatic heterocycles. The van der Waals surface area contributed by atoms with Gasteiger partial charge in [0.2, 0.25) is 5.88 Å². The number of amides is 1. The van der Waals surface area contributed by atoms with Gasteiger partial charge in [0.25, 0.3) is 17.3 Å². The second kappa shape index (κ2) is 13.8. The summed E-state index contributed by atoms with van der Waals surface area (Å²) in [7, 11) is 5.46. The molecule has 0 spiro atoms. The number of methoxy groups -OCH3 is 2. The number of hydrogen-bond acceptors (Lipinski definition) is 9. The Kier molecular flexibility index (Phi) is 10.1. The van der Waals surface area contributed by atoms with Gasteiger partial charge in [0.1, 0.15) is 0 Å². The summed E-state index contributed by atoms with van der Waals surface area (Å²) in [6.45, 7) is 7.45. The number of carbonyl (C=O) groups is 1. The lowest BCUT2D eigenvalue weighted by Crippen LogP contribution is -2.47. The maximum Gasteiger partial charge on any atom is 0.254 e. The molecule has 11 heteroatoms. The number of rotatable bonds is 11. The van der Waals surface area contributed by atoms with Crippen molar-refractivity contribution in [2.75, 3.05) is 40.7 Å². The summed E-state index contributed by atoms with van der Waals surface area (Å²) in [6, 6.07) is 7.92. The maximum atomic E-state index is 13.8. The van der Waals surface area contributed by atoms with Crippen molar-refractivity contribution in [2.24, 2.45) is 5.92 Å². The molecular weight excluding hydrogens is 592 g/mol. The molecule has 3 heterocycles. The van der Waals surface area contributed by atoms with Crippen LogP contribution in [0.1, 0.15) is 59.8 Å². The van der Waals surface area contributed by atoms with Gasteiger partial charge in [-0.25, -0.2) is 4.98 Å². The van der Waals surface area contributed by atoms with Crippen molar-refractivity contribution in [1.82, 2.24) is 20.2 Å². The third-order valence-corrected chi connectivity index (χ3v) is 9.98. The van der Waals surface area contributed by atoms with Crippen LogP contribution in [0.15, 0.2) is 40.2 Å². The number of aromatic amines is 1. The summed E-state index contributed by atoms with van der Waals surface area (Å²) < 4.78 is 24.0. The fourth-order valence-corrected chi connectivity index (χ4v) is 7.13. The summed E-state index contributed by atoms with van der Waals surface area (Å²) in [4.78, 5) is 36.9. The number of thioether (sulfide) groups is 1. The molecule has 3 aromatic rings. The standard InChI is InChI=1S/C34H44N4O6S/c1-20-16-28(45-7)27(33(40)37-20)19-36-32(39)25-17-26(22-8-13-29(42-6)35-18-22)31-30(21(25)2)43-34(3,44-31)23-9-11-24(12-10-23)38(4)14-15-41-5/h8,13,16-18,23-24H,9-12,14-15,19H2,1-7H3,(H,36,39)(H,37,40). The van der Waals surface area contributed by atoms with Gasteiger partial charge >= 0.3 is 0 Å². The molecule has 1 fully saturated rings. The van der Waals surface area contributed by atoms with E-state index in [-0.39, 0.29) is 23.9 Å². The molecule has 0 radical (unpaired) electrons. The van der Waals surface area contributed by atoms with Crippen LogP contribution in [-0.2, 0) is 11.3 Å². The van der Waals surface area contributed by atoms with Crippen molar-refractivity contribution in [3.05, 3.63) is 63.2 Å². The number of likely N-dealkylation sites (N-methyl/N-ethyl adjacent to an activating group) is 1. The van der Waals surface area contributed by atoms with Gasteiger partial charge in [0.05, 0.1) is 13.7 Å². The second-order valence-corrected chi connectivity index (χ2v) is 12.9. The van der Waals surface area contributed by atoms with Crippen molar-refractivity contribution >= 4 is 17.7 Å². The Labute approximate surface area is 269 Å². The molecule has 2 aromatic heterocycles. The molecule has 1 aromatic carbocycles. The first-order valence-electron chi connectivity index (χ1n) is 15.4. The number of hydrogen-bond donors (Lipinski definition) is 2. The van der Waals surface area contributed by atoms with Crippen molar-refractivity contribution < 1.29 is 23.7 Å². The number of H-pyrrole nitrogens is 1. The van der Waals surface area contributed by atoms with Crippen molar-refractivity contribution in [2.45, 2.75) is 69.7 Å². The molecule has 1 saturated carbocycles. The minimum atomic E-state index is -0.880. The molecule has 0 saturated heterocycles. The molecule has 10 nitrogen and oxygen atoms in total. The Balaban J connectivity index is 1.44. The van der Waals surface area contributed by atoms with Crippen LogP contribution in [0.4, 0.5) is 0 Å². The number of pyridine rings is 2. The molecule has 5 rings (SSSR count). The topological polar surface area (TPSA) is 115 Å². The minimum Gasteiger partial charge on any atom is -0.481 e. The van der Waals surface area contributed by atoms with E-state index in [1.807, 2.05) is 45.2 Å². The quantitative estimate of drug-likeness (QED) is 0.269. The first-order valence-corrected chi connectivity index (χ1v) is 16.6. The summed E-state index contributed by atoms with van der Waals surface area (Å²) in [5.74, 6) is 0.652. The lowest BCUT2D eigenvalue weighted by Gasteiger charge is -2.39. The highest BCUT2D eigenvalue weighted by Crippen LogP contribution is 2.53. The van der Waals surface area contributed by atoms with E-state index in [1.54, 1.807) is 26.5 Å². The van der Waals surface area contributed by atoms with Crippen molar-refractivity contribution in [3.8, 4) is 28.5 Å². The zero-order chi connectivity index (χ0) is 32.3. The molecule has 0 bridgehead atoms. The number of fused-ring (bicyclic) bond motifs is 1. The van der Waals surface area contributed by atoms with Gasteiger partial charge in [0, 0.05) is 89.8 Å². The number of nitrogens with one attached hydrogen (secondary N) is 2. The Bertz CT molecular complexity index is 1580. The van der Waals surface area contributed by atoms with E-state index < -0.39 is 5.79 Å². The number of aryl methyl sites for hydroxylation is 1. The van der Waals surface area contributed by atoms with Crippen LogP contribution in [0.25, 0.3) is 11.1 Å². The number of benzene rings is 1. The molecule has 45 heavy (non-hydrogen) atoms. The maximum absolute atomic E-state index is 13.8. The van der Waals surface area contributed by atoms with Crippen LogP contribution in [0.5, 0.6) is 17.4 Å². The molecule has 2 N–H and O–H groups in total. The van der Waals surface area contributed by atoms with Gasteiger partial charge in [-0.3, -0.25) is 9.59 Å². The average Bonchev–Trinajstić information content (AvgIpc) is 3.42. The van der Waals surface area contributed by atoms with Crippen LogP contribution < -0.4 is 25.1 Å². The highest BCUT2D eigenvalue weighted by Gasteiger charge is 2.48. The largest absolute Gasteiger partial charge is 0.481 e. The molecule has 1 unspecified atom stereocenters. The van der Waals surface area contributed by atoms with Crippen LogP contribution in [-0.4, -0.2) is 73.3 Å². The first-order chi connectivity index (χ1) is 21.6. The fourth-order valence-electron chi connectivity index (χ4n) is 6.42. The molecule has 1 aliphatic carbocycles. The third-order valence-electron chi connectivity index (χ3n) is 9.18. The van der Waals surface area contributed by atoms with E-state index in [1.165, 1.54) is 11.8 Å². The van der Waals surface area contributed by atoms with E-state index in [0.717, 1.165) is 48.4 Å². The molecular formula is C34H44N4O6S. The van der Waals surface area contributed by atoms with E-state index in [9.17, 15) is 9.59 Å². The smallest absolute Gasteiger partial charge is 0.254 e. The Morgan fingerprint density at radius 3 is 2.53 bits per heavy atom. The lowest BCUT2D eigenvalue weighted by molar-refractivity contribution is -0.123. The normalized spacial score (nSPS) is 20.8. The van der Waals surface area contributed by atoms with Gasteiger partial charge in [-0.15, -0.1) is 11.8 Å². The SMILES string of the molecule is COCCN(C)C1CCC(C2(C)Oc3c(-c4ccc(OC)nc4)cc(C(=O)NCc4c(SC)cc(C)[nH]c4=O)c(C)c3O2)CC1. The van der Waals surface area contributed by atoms with Gasteiger partial charge in [0.15, 0.2) is 11.5 Å². The Hall–Kier alpha value is -3.54. The predicted molar refractivity (Wildman–Crippen MR) is 176 cm³/mol. The van der Waals surface area contributed by atoms with Crippen LogP contribution >= 0.6 is 11.8 Å². The summed E-state index contributed by atoms with van der Waals surface area (Å²) in [5, 5.41) is 2.98. The van der Waals surface area contributed by atoms with Gasteiger partial charge < -0.3 is 34.1 Å². The minimum absolute atomic E-state index is 0.0950. The number of carbonyl (C=O) groups excluding carboxylic acids is 1. The molecule has 2 aliphatic rings. The predicted octanol–water partition coefficient (Wildman–Crippen LogP) is 5.34. The lowest BCUT2D eigenvalue weighted by atomic mass is 9.81. The van der Waals surface area contributed by atoms with Gasteiger partial charge in [-0.05, 0) is 71.0 Å². The number of aromatic nitrogens is 2. The van der Waals surface area contributed by atoms with Crippen molar-refractivity contribution in [1.29, 1.82) is 0 Å². The Morgan fingerprint density at radius 2 is 1.89 bits per heavy atom. The zero-order valence-corrected chi connectivity index (χ0v) is 28.1. The van der Waals surface area contributed by atoms with Crippen LogP contribution in [0.3, 0.4) is 0 Å². The average molecular weight is 637 g/mol. The highest BCUT2D eigenvalue weighted by atomic mass is 32.2. The fraction of sp³-hybridized carbons (Fsp3) is 0.500. The summed E-state index contributed by atoms with van der Waals surface area (Å²) in [6.07, 6.45) is 7.63. The third kappa shape index (κ3) is 6.85. The van der Waals surface area contributed by atoms with E-state index >= 15 is 0 Å². The highest BCUT2D eigenvalue weighted by molar-refractivity contribution is 7.98. The van der Waals surface area contributed by atoms with Gasteiger partial charge in [-0.1, -0.05) is 0 Å². The monoisotopic (exact) mass is 636 g/mol. The van der Waals surface area contributed by atoms with E-state index in [0.29, 0.717) is 52.3 Å². The van der Waals surface area contributed by atoms with E-state index in [2.05, 4.69) is 27.2 Å². The second-order valence-electron chi connectivity index (χ2n) is 12.1. The molecule has 1 amide bonds. The van der Waals surface area contributed by atoms with Crippen LogP contribution in [0.2, 0.25) is 0 Å². The summed E-state index contributed by atoms with van der Waals surface area (Å²) in [5.41, 5.74) is 3.72. The van der Waals surface area contributed by atoms with E-state index in [4.69, 9.17) is 18.9 Å². The van der Waals surface area contributed by atoms with Crippen LogP contribution in [0, 0.1) is 19.8 Å². The number of ether oxygens (including phenoxy) is 4. The van der Waals surface area contributed by atoms with Gasteiger partial charge in [-0.2, -0.15) is 0 Å². The summed E-state index contributed by atoms with van der Waals surface area (Å²) >= 11 is 1.48. The zero-order valence-electron chi connectivity index (χ0n) is 27.2. The Morgan fingerprint density at radius 1 is 1.16 bits per heavy atom. The molecule has 242 valence electrons. The van der Waals surface area contributed by atoms with Crippen molar-refractivity contribution in [3.63, 3.8) is 0 Å². The first kappa shape index (κ1) is 32.8.